The molecule has 0 saturated heterocycles. The first-order chi connectivity index (χ1) is 17.9. The van der Waals surface area contributed by atoms with E-state index in [2.05, 4.69) is 5.32 Å². The monoisotopic (exact) mass is 506 g/mol. The van der Waals surface area contributed by atoms with Gasteiger partial charge in [0.2, 0.25) is 0 Å². The number of methoxy groups -OCH3 is 2. The van der Waals surface area contributed by atoms with Gasteiger partial charge in [-0.15, -0.1) is 0 Å². The van der Waals surface area contributed by atoms with Crippen LogP contribution in [0.2, 0.25) is 0 Å². The molecule has 3 rings (SSSR count). The molecule has 8 heteroatoms. The number of rotatable bonds is 11. The van der Waals surface area contributed by atoms with Gasteiger partial charge in [-0.05, 0) is 68.0 Å². The Labute approximate surface area is 218 Å². The van der Waals surface area contributed by atoms with Gasteiger partial charge in [-0.25, -0.2) is 0 Å². The predicted molar refractivity (Wildman–Crippen MR) is 146 cm³/mol. The molecule has 3 aromatic rings. The molecular formula is C29H34N2O6. The summed E-state index contributed by atoms with van der Waals surface area (Å²) in [6, 6.07) is 16.7. The highest BCUT2D eigenvalue weighted by molar-refractivity contribution is 5.82. The molecule has 0 spiro atoms. The lowest BCUT2D eigenvalue weighted by atomic mass is 10.0. The van der Waals surface area contributed by atoms with E-state index in [0.29, 0.717) is 36.7 Å². The molecule has 0 unspecified atom stereocenters. The first kappa shape index (κ1) is 28.9. The normalized spacial score (nSPS) is 10.5. The molecule has 0 aliphatic carbocycles. The van der Waals surface area contributed by atoms with Gasteiger partial charge in [0.05, 0.1) is 14.2 Å². The van der Waals surface area contributed by atoms with Gasteiger partial charge in [0, 0.05) is 41.5 Å². The highest BCUT2D eigenvalue weighted by Crippen LogP contribution is 2.33. The summed E-state index contributed by atoms with van der Waals surface area (Å²) in [6.07, 6.45) is 2.72. The topological polar surface area (TPSA) is 109 Å². The number of benzene rings is 3. The average molecular weight is 507 g/mol. The molecule has 0 fully saturated rings. The minimum atomic E-state index is 0.418. The van der Waals surface area contributed by atoms with Gasteiger partial charge >= 0.3 is 0 Å². The summed E-state index contributed by atoms with van der Waals surface area (Å²) in [5.41, 5.74) is 10.4. The minimum Gasteiger partial charge on any atom is -0.497 e. The molecule has 0 heterocycles. The maximum absolute atomic E-state index is 10.8. The fraction of sp³-hybridized carbons (Fsp3) is 0.241. The summed E-state index contributed by atoms with van der Waals surface area (Å²) in [4.78, 5) is 21.5. The lowest BCUT2D eigenvalue weighted by Gasteiger charge is -2.13. The Morgan fingerprint density at radius 3 is 2.38 bits per heavy atom. The standard InChI is InChI=1S/C15H14O3.C14H20N2O3/c1-17-13-5-3-4-12(9-13)14-8-11(10-16)6-7-15(14)18-2;1-10(16-3)8-12-4-5-13(18-7-6-15)11(2)14(12)19-9-17/h3-10H,1-2H3;4-5,8-9,16H,6-7,15H2,1-3H3/b;10-8+. The van der Waals surface area contributed by atoms with Crippen LogP contribution in [0.4, 0.5) is 0 Å². The molecule has 3 aromatic carbocycles. The van der Waals surface area contributed by atoms with Crippen molar-refractivity contribution >= 4 is 18.8 Å². The average Bonchev–Trinajstić information content (AvgIpc) is 2.94. The lowest BCUT2D eigenvalue weighted by Crippen LogP contribution is -2.11. The van der Waals surface area contributed by atoms with E-state index in [9.17, 15) is 9.59 Å². The van der Waals surface area contributed by atoms with Gasteiger partial charge < -0.3 is 30.0 Å². The Morgan fingerprint density at radius 1 is 1.00 bits per heavy atom. The molecule has 0 radical (unpaired) electrons. The van der Waals surface area contributed by atoms with E-state index >= 15 is 0 Å². The SMILES string of the molecule is CN/C(C)=C/c1ccc(OCCN)c(C)c1OC=O.COc1cccc(-c2cc(C=O)ccc2OC)c1. The van der Waals surface area contributed by atoms with E-state index in [-0.39, 0.29) is 0 Å². The number of carbonyl (C=O) groups excluding carboxylic acids is 2. The number of hydrogen-bond donors (Lipinski definition) is 2. The smallest absolute Gasteiger partial charge is 0.298 e. The number of carbonyl (C=O) groups is 2. The van der Waals surface area contributed by atoms with Crippen LogP contribution in [0.25, 0.3) is 17.2 Å². The number of nitrogens with two attached hydrogens (primary N) is 1. The van der Waals surface area contributed by atoms with Gasteiger partial charge in [0.15, 0.2) is 0 Å². The molecule has 196 valence electrons. The summed E-state index contributed by atoms with van der Waals surface area (Å²) >= 11 is 0. The van der Waals surface area contributed by atoms with Crippen LogP contribution in [-0.4, -0.2) is 47.2 Å². The molecule has 0 saturated carbocycles. The summed E-state index contributed by atoms with van der Waals surface area (Å²) in [7, 11) is 5.06. The molecule has 0 amide bonds. The van der Waals surface area contributed by atoms with Crippen LogP contribution >= 0.6 is 0 Å². The second-order valence-corrected chi connectivity index (χ2v) is 7.85. The van der Waals surface area contributed by atoms with E-state index < -0.39 is 0 Å². The molecule has 0 aromatic heterocycles. The zero-order valence-corrected chi connectivity index (χ0v) is 21.9. The van der Waals surface area contributed by atoms with Crippen molar-refractivity contribution < 1.29 is 28.5 Å². The van der Waals surface area contributed by atoms with Crippen molar-refractivity contribution in [1.82, 2.24) is 5.32 Å². The summed E-state index contributed by atoms with van der Waals surface area (Å²) in [5.74, 6) is 2.67. The number of nitrogens with one attached hydrogen (secondary N) is 1. The molecule has 0 bridgehead atoms. The minimum absolute atomic E-state index is 0.418. The van der Waals surface area contributed by atoms with Gasteiger partial charge in [-0.2, -0.15) is 0 Å². The first-order valence-electron chi connectivity index (χ1n) is 11.6. The maximum atomic E-state index is 10.8. The Hall–Kier alpha value is -4.30. The highest BCUT2D eigenvalue weighted by Gasteiger charge is 2.12. The van der Waals surface area contributed by atoms with Crippen molar-refractivity contribution in [3.63, 3.8) is 0 Å². The van der Waals surface area contributed by atoms with Crippen molar-refractivity contribution in [3.05, 3.63) is 77.0 Å². The molecular weight excluding hydrogens is 472 g/mol. The van der Waals surface area contributed by atoms with Crippen LogP contribution in [0.3, 0.4) is 0 Å². The predicted octanol–water partition coefficient (Wildman–Crippen LogP) is 4.63. The van der Waals surface area contributed by atoms with Crippen LogP contribution < -0.4 is 30.0 Å². The summed E-state index contributed by atoms with van der Waals surface area (Å²) in [5, 5.41) is 3.02. The van der Waals surface area contributed by atoms with Crippen LogP contribution in [-0.2, 0) is 4.79 Å². The Bertz CT molecular complexity index is 1220. The molecule has 37 heavy (non-hydrogen) atoms. The second kappa shape index (κ2) is 15.0. The van der Waals surface area contributed by atoms with Gasteiger partial charge in [-0.1, -0.05) is 12.1 Å². The number of ether oxygens (including phenoxy) is 4. The van der Waals surface area contributed by atoms with E-state index in [1.54, 1.807) is 32.4 Å². The highest BCUT2D eigenvalue weighted by atomic mass is 16.5. The largest absolute Gasteiger partial charge is 0.497 e. The lowest BCUT2D eigenvalue weighted by molar-refractivity contribution is -0.120. The Kier molecular flexibility index (Phi) is 11.7. The third-order valence-corrected chi connectivity index (χ3v) is 5.43. The third kappa shape index (κ3) is 8.12. The Balaban J connectivity index is 0.000000260. The molecule has 0 atom stereocenters. The van der Waals surface area contributed by atoms with Crippen molar-refractivity contribution in [2.24, 2.45) is 5.73 Å². The van der Waals surface area contributed by atoms with Crippen molar-refractivity contribution in [2.45, 2.75) is 13.8 Å². The zero-order valence-electron chi connectivity index (χ0n) is 21.9. The van der Waals surface area contributed by atoms with E-state index in [0.717, 1.165) is 45.7 Å². The van der Waals surface area contributed by atoms with E-state index in [1.165, 1.54) is 0 Å². The summed E-state index contributed by atoms with van der Waals surface area (Å²) < 4.78 is 21.1. The van der Waals surface area contributed by atoms with Gasteiger partial charge in [0.25, 0.3) is 6.47 Å². The Morgan fingerprint density at radius 2 is 1.76 bits per heavy atom. The second-order valence-electron chi connectivity index (χ2n) is 7.85. The van der Waals surface area contributed by atoms with Crippen molar-refractivity contribution in [1.29, 1.82) is 0 Å². The third-order valence-electron chi connectivity index (χ3n) is 5.43. The number of hydrogen-bond acceptors (Lipinski definition) is 8. The molecule has 3 N–H and O–H groups in total. The zero-order chi connectivity index (χ0) is 27.2. The quantitative estimate of drug-likeness (QED) is 0.362. The van der Waals surface area contributed by atoms with Crippen LogP contribution in [0, 0.1) is 6.92 Å². The maximum Gasteiger partial charge on any atom is 0.298 e. The van der Waals surface area contributed by atoms with Crippen LogP contribution in [0.15, 0.2) is 60.3 Å². The van der Waals surface area contributed by atoms with Crippen molar-refractivity contribution in [2.75, 3.05) is 34.4 Å². The van der Waals surface area contributed by atoms with Gasteiger partial charge in [-0.3, -0.25) is 9.59 Å². The van der Waals surface area contributed by atoms with E-state index in [4.69, 9.17) is 24.7 Å². The number of aldehydes is 1. The summed E-state index contributed by atoms with van der Waals surface area (Å²) in [6.45, 7) is 5.05. The van der Waals surface area contributed by atoms with E-state index in [1.807, 2.05) is 63.4 Å². The number of allylic oxidation sites excluding steroid dienone is 1. The van der Waals surface area contributed by atoms with Crippen molar-refractivity contribution in [3.8, 4) is 34.1 Å². The fourth-order valence-corrected chi connectivity index (χ4v) is 3.46. The fourth-order valence-electron chi connectivity index (χ4n) is 3.46. The van der Waals surface area contributed by atoms with Crippen LogP contribution in [0.1, 0.15) is 28.4 Å². The molecule has 0 aliphatic rings. The van der Waals surface area contributed by atoms with Crippen LogP contribution in [0.5, 0.6) is 23.0 Å². The first-order valence-corrected chi connectivity index (χ1v) is 11.6. The molecule has 8 nitrogen and oxygen atoms in total. The van der Waals surface area contributed by atoms with Gasteiger partial charge in [0.1, 0.15) is 35.9 Å². The molecule has 0 aliphatic heterocycles.